The summed E-state index contributed by atoms with van der Waals surface area (Å²) < 4.78 is 19.1. The first-order chi connectivity index (χ1) is 21.3. The number of fused-ring (bicyclic) bond motifs is 2. The summed E-state index contributed by atoms with van der Waals surface area (Å²) in [6.07, 6.45) is 14.8. The highest BCUT2D eigenvalue weighted by molar-refractivity contribution is 5.91. The number of carbonyl (C=O) groups excluding carboxylic acids is 1. The molecule has 44 heavy (non-hydrogen) atoms. The van der Waals surface area contributed by atoms with Crippen molar-refractivity contribution in [1.29, 1.82) is 0 Å². The summed E-state index contributed by atoms with van der Waals surface area (Å²) in [5.74, 6) is 2.16. The molecule has 1 aromatic carbocycles. The van der Waals surface area contributed by atoms with Crippen molar-refractivity contribution >= 4 is 5.78 Å². The predicted molar refractivity (Wildman–Crippen MR) is 176 cm³/mol. The van der Waals surface area contributed by atoms with Gasteiger partial charge in [-0.25, -0.2) is 0 Å². The number of rotatable bonds is 10. The molecule has 7 atom stereocenters. The van der Waals surface area contributed by atoms with E-state index in [-0.39, 0.29) is 11.0 Å². The summed E-state index contributed by atoms with van der Waals surface area (Å²) in [6, 6.07) is 10.8. The van der Waals surface area contributed by atoms with Crippen molar-refractivity contribution < 1.29 is 19.0 Å². The number of likely N-dealkylation sites (tertiary alicyclic amines) is 1. The van der Waals surface area contributed by atoms with Crippen LogP contribution < -0.4 is 0 Å². The third-order valence-corrected chi connectivity index (χ3v) is 12.3. The lowest BCUT2D eigenvalue weighted by Crippen LogP contribution is -2.52. The molecule has 5 aliphatic rings. The van der Waals surface area contributed by atoms with E-state index < -0.39 is 0 Å². The summed E-state index contributed by atoms with van der Waals surface area (Å²) in [4.78, 5) is 14.9. The van der Waals surface area contributed by atoms with Crippen molar-refractivity contribution in [2.24, 2.45) is 23.2 Å². The summed E-state index contributed by atoms with van der Waals surface area (Å²) in [5.41, 5.74) is 6.11. The molecule has 0 N–H and O–H groups in total. The number of ether oxygens (including phenoxy) is 3. The summed E-state index contributed by atoms with van der Waals surface area (Å²) >= 11 is 0. The minimum absolute atomic E-state index is 0.0472. The van der Waals surface area contributed by atoms with Gasteiger partial charge in [0.05, 0.1) is 38.1 Å². The number of nitrogens with zero attached hydrogens (tertiary/aromatic N) is 1. The largest absolute Gasteiger partial charge is 0.378 e. The third-order valence-electron chi connectivity index (χ3n) is 12.3. The van der Waals surface area contributed by atoms with Gasteiger partial charge in [0.25, 0.3) is 0 Å². The van der Waals surface area contributed by atoms with E-state index in [1.54, 1.807) is 11.1 Å². The maximum absolute atomic E-state index is 12.2. The average molecular weight is 604 g/mol. The second-order valence-corrected chi connectivity index (χ2v) is 15.2. The molecule has 2 saturated heterocycles. The van der Waals surface area contributed by atoms with E-state index in [1.165, 1.54) is 56.1 Å². The van der Waals surface area contributed by atoms with Crippen molar-refractivity contribution in [3.05, 3.63) is 58.7 Å². The summed E-state index contributed by atoms with van der Waals surface area (Å²) in [7, 11) is 0. The molecule has 2 aliphatic heterocycles. The molecule has 3 fully saturated rings. The summed E-state index contributed by atoms with van der Waals surface area (Å²) in [5, 5.41) is 0. The van der Waals surface area contributed by atoms with Crippen LogP contribution in [0.5, 0.6) is 0 Å². The molecule has 1 spiro atoms. The highest BCUT2D eigenvalue weighted by Gasteiger charge is 2.56. The molecule has 0 bridgehead atoms. The lowest BCUT2D eigenvalue weighted by atomic mass is 9.58. The molecule has 0 amide bonds. The average Bonchev–Trinajstić information content (AvgIpc) is 3.16. The maximum atomic E-state index is 12.2. The first-order valence-corrected chi connectivity index (χ1v) is 17.8. The van der Waals surface area contributed by atoms with Crippen molar-refractivity contribution in [2.75, 3.05) is 32.9 Å². The normalized spacial score (nSPS) is 36.2. The molecular formula is C39H57NO4. The number of carbonyl (C=O) groups is 1. The van der Waals surface area contributed by atoms with Crippen LogP contribution in [-0.4, -0.2) is 61.3 Å². The van der Waals surface area contributed by atoms with Crippen LogP contribution in [0.1, 0.15) is 104 Å². The molecule has 0 aromatic heterocycles. The number of benzene rings is 1. The Kier molecular flexibility index (Phi) is 10.2. The monoisotopic (exact) mass is 603 g/mol. The number of ketones is 1. The fraction of sp³-hybridized carbons (Fsp3) is 0.718. The molecule has 1 saturated carbocycles. The number of hydrogen-bond donors (Lipinski definition) is 0. The van der Waals surface area contributed by atoms with E-state index in [0.717, 1.165) is 45.4 Å². The number of hydrogen-bond acceptors (Lipinski definition) is 5. The second kappa shape index (κ2) is 13.9. The molecule has 1 aromatic rings. The molecule has 5 heteroatoms. The van der Waals surface area contributed by atoms with Crippen LogP contribution in [0.2, 0.25) is 0 Å². The zero-order valence-electron chi connectivity index (χ0n) is 28.0. The van der Waals surface area contributed by atoms with Crippen molar-refractivity contribution in [3.8, 4) is 0 Å². The van der Waals surface area contributed by atoms with Crippen LogP contribution in [-0.2, 0) is 25.6 Å². The molecule has 5 nitrogen and oxygen atoms in total. The Balaban J connectivity index is 1.06. The van der Waals surface area contributed by atoms with E-state index in [4.69, 9.17) is 14.2 Å². The van der Waals surface area contributed by atoms with Gasteiger partial charge >= 0.3 is 0 Å². The second-order valence-electron chi connectivity index (χ2n) is 15.2. The fourth-order valence-corrected chi connectivity index (χ4v) is 9.77. The quantitative estimate of drug-likeness (QED) is 0.200. The van der Waals surface area contributed by atoms with Gasteiger partial charge in [-0.2, -0.15) is 0 Å². The minimum Gasteiger partial charge on any atom is -0.378 e. The van der Waals surface area contributed by atoms with Crippen LogP contribution in [0.25, 0.3) is 0 Å². The standard InChI is InChI=1S/C39H57NO4/c1-28-22-36-37(40(26-28)18-19-42-20-21-43-27-31-10-6-5-7-11-31)30(3)39(44-36)16-9-12-32(29(2)25-39)23-33-13-8-14-34-24-35(41)15-17-38(33,34)4/h5-7,10-11,24,28,30,33,36-37H,8-9,12-23,25-27H2,1-4H3/t28-,30+,33+,36?,37-,38+,39-/m0/s1. The molecule has 242 valence electrons. The van der Waals surface area contributed by atoms with Crippen LogP contribution in [0, 0.1) is 23.2 Å². The zero-order valence-corrected chi connectivity index (χ0v) is 28.0. The van der Waals surface area contributed by atoms with Gasteiger partial charge in [-0.1, -0.05) is 67.8 Å². The molecule has 1 unspecified atom stereocenters. The van der Waals surface area contributed by atoms with Gasteiger partial charge in [0, 0.05) is 31.5 Å². The number of allylic oxidation sites excluding steroid dienone is 3. The zero-order chi connectivity index (χ0) is 30.7. The van der Waals surface area contributed by atoms with E-state index in [0.29, 0.717) is 55.5 Å². The van der Waals surface area contributed by atoms with Gasteiger partial charge in [-0.05, 0) is 100 Å². The van der Waals surface area contributed by atoms with Crippen molar-refractivity contribution in [1.82, 2.24) is 4.90 Å². The maximum Gasteiger partial charge on any atom is 0.155 e. The Bertz CT molecular complexity index is 1210. The highest BCUT2D eigenvalue weighted by atomic mass is 16.5. The lowest BCUT2D eigenvalue weighted by Gasteiger charge is -2.46. The molecular weight excluding hydrogens is 546 g/mol. The van der Waals surface area contributed by atoms with Gasteiger partial charge in [-0.3, -0.25) is 9.69 Å². The fourth-order valence-electron chi connectivity index (χ4n) is 9.77. The van der Waals surface area contributed by atoms with Gasteiger partial charge in [0.15, 0.2) is 5.78 Å². The van der Waals surface area contributed by atoms with E-state index in [1.807, 2.05) is 12.1 Å². The highest BCUT2D eigenvalue weighted by Crippen LogP contribution is 2.55. The minimum atomic E-state index is -0.0472. The smallest absolute Gasteiger partial charge is 0.155 e. The SMILES string of the molecule is CC1=C(C[C@H]2CCCC3=CC(=O)CC[C@@]32C)CCC[C@@]2(C1)OC1C[C@H](C)CN(CCOCCOCc3ccccc3)[C@H]1[C@H]2C. The summed E-state index contributed by atoms with van der Waals surface area (Å²) in [6.45, 7) is 14.5. The van der Waals surface area contributed by atoms with Gasteiger partial charge < -0.3 is 14.2 Å². The van der Waals surface area contributed by atoms with E-state index in [2.05, 4.69) is 56.9 Å². The molecule has 3 aliphatic carbocycles. The predicted octanol–water partition coefficient (Wildman–Crippen LogP) is 8.08. The van der Waals surface area contributed by atoms with Crippen molar-refractivity contribution in [3.63, 3.8) is 0 Å². The Morgan fingerprint density at radius 2 is 1.82 bits per heavy atom. The number of piperidine rings is 1. The van der Waals surface area contributed by atoms with E-state index in [9.17, 15) is 4.79 Å². The van der Waals surface area contributed by atoms with Gasteiger partial charge in [0.2, 0.25) is 0 Å². The first kappa shape index (κ1) is 32.2. The lowest BCUT2D eigenvalue weighted by molar-refractivity contribution is -0.116. The molecule has 0 radical (unpaired) electrons. The Morgan fingerprint density at radius 1 is 1.00 bits per heavy atom. The molecule has 2 heterocycles. The van der Waals surface area contributed by atoms with Crippen LogP contribution in [0.15, 0.2) is 53.1 Å². The van der Waals surface area contributed by atoms with Crippen LogP contribution in [0.3, 0.4) is 0 Å². The topological polar surface area (TPSA) is 48.0 Å². The van der Waals surface area contributed by atoms with Crippen LogP contribution in [0.4, 0.5) is 0 Å². The van der Waals surface area contributed by atoms with Crippen molar-refractivity contribution in [2.45, 2.75) is 123 Å². The third kappa shape index (κ3) is 6.82. The first-order valence-electron chi connectivity index (χ1n) is 17.8. The Labute approximate surface area is 266 Å². The Hall–Kier alpha value is -1.79. The van der Waals surface area contributed by atoms with Crippen LogP contribution >= 0.6 is 0 Å². The van der Waals surface area contributed by atoms with E-state index >= 15 is 0 Å². The molecule has 6 rings (SSSR count). The Morgan fingerprint density at radius 3 is 2.66 bits per heavy atom. The van der Waals surface area contributed by atoms with Gasteiger partial charge in [-0.15, -0.1) is 0 Å². The van der Waals surface area contributed by atoms with Gasteiger partial charge in [0.1, 0.15) is 0 Å².